The van der Waals surface area contributed by atoms with Gasteiger partial charge in [0.25, 0.3) is 0 Å². The number of aliphatic carboxylic acids is 2. The summed E-state index contributed by atoms with van der Waals surface area (Å²) in [5, 5.41) is 32.0. The molecule has 2 aliphatic rings. The molecule has 2 fully saturated rings. The maximum Gasteiger partial charge on any atom is 0.326 e. The third-order valence-corrected chi connectivity index (χ3v) is 10.5. The highest BCUT2D eigenvalue weighted by atomic mass is 32.2. The highest BCUT2D eigenvalue weighted by molar-refractivity contribution is 7.98. The van der Waals surface area contributed by atoms with Gasteiger partial charge in [-0.05, 0) is 62.8 Å². The number of rotatable bonds is 23. The summed E-state index contributed by atoms with van der Waals surface area (Å²) in [4.78, 5) is 111. The lowest BCUT2D eigenvalue weighted by Gasteiger charge is -2.30. The number of carboxylic acid groups (broad SMARTS) is 2. The molecule has 2 aliphatic heterocycles. The first-order valence-electron chi connectivity index (χ1n) is 19.0. The largest absolute Gasteiger partial charge is 0.481 e. The Labute approximate surface area is 341 Å². The van der Waals surface area contributed by atoms with Gasteiger partial charge in [-0.15, -0.1) is 0 Å². The number of thioether (sulfide) groups is 1. The second-order valence-electron chi connectivity index (χ2n) is 14.0. The molecule has 20 heteroatoms. The van der Waals surface area contributed by atoms with E-state index in [0.717, 1.165) is 0 Å². The van der Waals surface area contributed by atoms with Crippen LogP contribution in [0.4, 0.5) is 0 Å². The molecule has 2 saturated heterocycles. The molecule has 2 heterocycles. The van der Waals surface area contributed by atoms with Gasteiger partial charge in [0.2, 0.25) is 35.4 Å². The summed E-state index contributed by atoms with van der Waals surface area (Å²) < 4.78 is 0. The first kappa shape index (κ1) is 46.9. The lowest BCUT2D eigenvalue weighted by molar-refractivity contribution is -0.148. The van der Waals surface area contributed by atoms with Gasteiger partial charge >= 0.3 is 11.9 Å². The van der Waals surface area contributed by atoms with Gasteiger partial charge in [-0.1, -0.05) is 30.3 Å². The molecule has 58 heavy (non-hydrogen) atoms. The van der Waals surface area contributed by atoms with Crippen LogP contribution in [-0.2, 0) is 44.8 Å². The number of hydrogen-bond acceptors (Lipinski definition) is 12. The zero-order valence-corrected chi connectivity index (χ0v) is 33.6. The van der Waals surface area contributed by atoms with Crippen LogP contribution in [0.2, 0.25) is 0 Å². The molecule has 1 aromatic rings. The number of nitrogens with zero attached hydrogens (tertiary/aromatic N) is 3. The number of carbonyl (C=O) groups is 8. The summed E-state index contributed by atoms with van der Waals surface area (Å²) >= 11 is 1.47. The summed E-state index contributed by atoms with van der Waals surface area (Å²) in [5.41, 5.74) is 6.92. The number of hydrogen-bond donors (Lipinski definition) is 8. The Kier molecular flexibility index (Phi) is 19.1. The predicted molar refractivity (Wildman–Crippen MR) is 215 cm³/mol. The van der Waals surface area contributed by atoms with Crippen LogP contribution in [0.15, 0.2) is 47.2 Å². The second-order valence-corrected chi connectivity index (χ2v) is 15.0. The van der Waals surface area contributed by atoms with Gasteiger partial charge in [0.05, 0.1) is 18.3 Å². The summed E-state index contributed by atoms with van der Waals surface area (Å²) in [5.74, 6) is -5.91. The monoisotopic (exact) mass is 829 g/mol. The van der Waals surface area contributed by atoms with Crippen LogP contribution < -0.4 is 32.3 Å². The minimum absolute atomic E-state index is 0.00884. The van der Waals surface area contributed by atoms with Crippen molar-refractivity contribution >= 4 is 65.9 Å². The smallest absolute Gasteiger partial charge is 0.326 e. The van der Waals surface area contributed by atoms with Crippen molar-refractivity contribution < 1.29 is 48.6 Å². The SMILES string of the molecule is C=N/C(=C\NC)CC(NC(=O)C(CCC(=O)O)NC(=O)C(N)CCSC)C(=O)NC(Cc1ccccc1)C(=O)N1CCCC1C(=O)NCC(=O)N1CCCC1C(=O)O. The summed E-state index contributed by atoms with van der Waals surface area (Å²) in [6, 6.07) is 1.80. The lowest BCUT2D eigenvalue weighted by atomic mass is 10.0. The molecule has 0 bridgehead atoms. The number of amides is 6. The van der Waals surface area contributed by atoms with Crippen molar-refractivity contribution in [2.45, 2.75) is 94.0 Å². The molecule has 6 atom stereocenters. The molecule has 0 aromatic heterocycles. The molecule has 0 radical (unpaired) electrons. The minimum Gasteiger partial charge on any atom is -0.481 e. The Morgan fingerprint density at radius 2 is 1.52 bits per heavy atom. The number of aliphatic imine (C=N–C) groups is 1. The van der Waals surface area contributed by atoms with E-state index in [2.05, 4.69) is 38.3 Å². The van der Waals surface area contributed by atoms with Crippen molar-refractivity contribution in [2.24, 2.45) is 10.7 Å². The predicted octanol–water partition coefficient (Wildman–Crippen LogP) is -1.04. The molecule has 1 aromatic carbocycles. The summed E-state index contributed by atoms with van der Waals surface area (Å²) in [6.07, 6.45) is 4.10. The molecular weight excluding hydrogens is 775 g/mol. The maximum absolute atomic E-state index is 14.3. The third-order valence-electron chi connectivity index (χ3n) is 9.82. The van der Waals surface area contributed by atoms with Gasteiger partial charge in [0, 0.05) is 45.6 Å². The molecule has 0 saturated carbocycles. The van der Waals surface area contributed by atoms with Crippen LogP contribution in [0.3, 0.4) is 0 Å². The topological polar surface area (TPSA) is 282 Å². The Hall–Kier alpha value is -5.50. The van der Waals surface area contributed by atoms with Gasteiger partial charge in [-0.2, -0.15) is 11.8 Å². The van der Waals surface area contributed by atoms with E-state index in [1.54, 1.807) is 37.4 Å². The maximum atomic E-state index is 14.3. The van der Waals surface area contributed by atoms with Crippen molar-refractivity contribution in [1.29, 1.82) is 0 Å². The highest BCUT2D eigenvalue weighted by Crippen LogP contribution is 2.21. The van der Waals surface area contributed by atoms with E-state index in [1.807, 2.05) is 6.26 Å². The number of benzene rings is 1. The van der Waals surface area contributed by atoms with Crippen molar-refractivity contribution in [3.8, 4) is 0 Å². The van der Waals surface area contributed by atoms with Crippen molar-refractivity contribution in [1.82, 2.24) is 36.4 Å². The van der Waals surface area contributed by atoms with E-state index in [-0.39, 0.29) is 44.5 Å². The summed E-state index contributed by atoms with van der Waals surface area (Å²) in [7, 11) is 1.59. The number of nitrogens with two attached hydrogens (primary N) is 1. The molecule has 9 N–H and O–H groups in total. The second kappa shape index (κ2) is 23.7. The van der Waals surface area contributed by atoms with E-state index in [1.165, 1.54) is 27.8 Å². The molecule has 19 nitrogen and oxygen atoms in total. The molecular formula is C38H55N9O10S. The van der Waals surface area contributed by atoms with E-state index >= 15 is 0 Å². The first-order chi connectivity index (χ1) is 27.7. The fourth-order valence-corrected chi connectivity index (χ4v) is 7.24. The molecule has 6 amide bonds. The van der Waals surface area contributed by atoms with Crippen LogP contribution in [0.25, 0.3) is 0 Å². The summed E-state index contributed by atoms with van der Waals surface area (Å²) in [6.45, 7) is 3.49. The Balaban J connectivity index is 1.86. The van der Waals surface area contributed by atoms with Crippen molar-refractivity contribution in [3.63, 3.8) is 0 Å². The quantitative estimate of drug-likeness (QED) is 0.0613. The highest BCUT2D eigenvalue weighted by Gasteiger charge is 2.40. The fraction of sp³-hybridized carbons (Fsp3) is 0.553. The molecule has 0 spiro atoms. The van der Waals surface area contributed by atoms with E-state index in [0.29, 0.717) is 37.0 Å². The van der Waals surface area contributed by atoms with Gasteiger partial charge in [-0.3, -0.25) is 38.6 Å². The molecule has 0 aliphatic carbocycles. The minimum atomic E-state index is -1.41. The van der Waals surface area contributed by atoms with Crippen LogP contribution in [0.5, 0.6) is 0 Å². The van der Waals surface area contributed by atoms with Crippen molar-refractivity contribution in [3.05, 3.63) is 47.8 Å². The van der Waals surface area contributed by atoms with Gasteiger partial charge in [-0.25, -0.2) is 4.79 Å². The normalized spacial score (nSPS) is 18.6. The first-order valence-corrected chi connectivity index (χ1v) is 20.4. The van der Waals surface area contributed by atoms with Gasteiger partial charge in [0.15, 0.2) is 0 Å². The number of carboxylic acids is 2. The van der Waals surface area contributed by atoms with Crippen LogP contribution in [-0.4, -0.2) is 149 Å². The Bertz CT molecular complexity index is 1680. The van der Waals surface area contributed by atoms with Gasteiger partial charge < -0.3 is 52.3 Å². The number of carbonyl (C=O) groups excluding carboxylic acids is 6. The molecule has 318 valence electrons. The van der Waals surface area contributed by atoms with E-state index in [9.17, 15) is 48.6 Å². The van der Waals surface area contributed by atoms with Crippen LogP contribution in [0.1, 0.15) is 56.9 Å². The number of likely N-dealkylation sites (tertiary alicyclic amines) is 2. The van der Waals surface area contributed by atoms with Crippen LogP contribution >= 0.6 is 11.8 Å². The van der Waals surface area contributed by atoms with Gasteiger partial charge in [0.1, 0.15) is 30.2 Å². The Morgan fingerprint density at radius 3 is 2.14 bits per heavy atom. The standard InChI is InChI=1S/C38H55N9O10S/c1-40-21-24(41-2)20-27(44-34(52)26(13-14-32(49)50)43-33(51)25(39)15-18-58-3)35(53)45-28(19-23-9-5-4-6-10-23)37(55)47-17-7-11-29(47)36(54)42-22-31(48)46-16-8-12-30(46)38(56)57/h4-6,9-10,21,25-30,40H,2,7-8,11-20,22,39H2,1,3H3,(H,42,54)(H,43,51)(H,44,52)(H,45,53)(H,49,50)(H,56,57)/b24-21-. The molecule has 6 unspecified atom stereocenters. The zero-order chi connectivity index (χ0) is 42.8. The van der Waals surface area contributed by atoms with Crippen LogP contribution in [0, 0.1) is 0 Å². The Morgan fingerprint density at radius 1 is 0.897 bits per heavy atom. The fourth-order valence-electron chi connectivity index (χ4n) is 6.75. The number of nitrogens with one attached hydrogen (secondary N) is 5. The van der Waals surface area contributed by atoms with E-state index < -0.39 is 96.6 Å². The van der Waals surface area contributed by atoms with Crippen molar-refractivity contribution in [2.75, 3.05) is 38.7 Å². The molecule has 3 rings (SSSR count). The lowest BCUT2D eigenvalue weighted by Crippen LogP contribution is -2.59. The zero-order valence-electron chi connectivity index (χ0n) is 32.8. The average Bonchev–Trinajstić information content (AvgIpc) is 3.91. The average molecular weight is 830 g/mol. The van der Waals surface area contributed by atoms with E-state index in [4.69, 9.17) is 5.73 Å². The third kappa shape index (κ3) is 14.2.